The summed E-state index contributed by atoms with van der Waals surface area (Å²) < 4.78 is 1.78. The maximum Gasteiger partial charge on any atom is 0.102 e. The van der Waals surface area contributed by atoms with E-state index in [9.17, 15) is 0 Å². The molecule has 0 bridgehead atoms. The molecule has 1 aromatic carbocycles. The van der Waals surface area contributed by atoms with Crippen LogP contribution in [-0.4, -0.2) is 28.6 Å². The first-order chi connectivity index (χ1) is 9.10. The molecule has 0 amide bonds. The minimum absolute atomic E-state index is 0.579. The first-order valence-electron chi connectivity index (χ1n) is 6.47. The zero-order chi connectivity index (χ0) is 13.8. The van der Waals surface area contributed by atoms with Gasteiger partial charge in [0.2, 0.25) is 0 Å². The van der Waals surface area contributed by atoms with Crippen LogP contribution in [0.3, 0.4) is 0 Å². The Labute approximate surface area is 114 Å². The third kappa shape index (κ3) is 3.32. The van der Waals surface area contributed by atoms with Crippen LogP contribution in [0.5, 0.6) is 0 Å². The fraction of sp³-hybridized carbons (Fsp3) is 0.429. The molecule has 0 spiro atoms. The van der Waals surface area contributed by atoms with Crippen molar-refractivity contribution in [2.24, 2.45) is 5.73 Å². The second-order valence-corrected chi connectivity index (χ2v) is 4.91. The summed E-state index contributed by atoms with van der Waals surface area (Å²) in [6.07, 6.45) is 1.95. The number of aromatic nitrogens is 3. The van der Waals surface area contributed by atoms with Gasteiger partial charge in [-0.25, -0.2) is 0 Å². The highest BCUT2D eigenvalue weighted by Crippen LogP contribution is 2.21. The van der Waals surface area contributed by atoms with Crippen LogP contribution in [0, 0.1) is 13.8 Å². The molecule has 2 N–H and O–H groups in total. The van der Waals surface area contributed by atoms with Gasteiger partial charge in [0.15, 0.2) is 0 Å². The van der Waals surface area contributed by atoms with Crippen molar-refractivity contribution in [2.45, 2.75) is 26.9 Å². The molecule has 0 fully saturated rings. The number of hydrogen-bond acceptors (Lipinski definition) is 4. The SMILES string of the molecule is Cc1ccc(N(C)Cc2cn(CCN)nn2)c(C)c1. The van der Waals surface area contributed by atoms with Gasteiger partial charge in [0.05, 0.1) is 19.3 Å². The zero-order valence-electron chi connectivity index (χ0n) is 11.8. The van der Waals surface area contributed by atoms with Crippen LogP contribution in [0.15, 0.2) is 24.4 Å². The van der Waals surface area contributed by atoms with Crippen LogP contribution in [0.4, 0.5) is 5.69 Å². The summed E-state index contributed by atoms with van der Waals surface area (Å²) in [5, 5.41) is 8.21. The van der Waals surface area contributed by atoms with Crippen molar-refractivity contribution >= 4 is 5.69 Å². The van der Waals surface area contributed by atoms with E-state index in [-0.39, 0.29) is 0 Å². The third-order valence-corrected chi connectivity index (χ3v) is 3.11. The maximum absolute atomic E-state index is 5.50. The fourth-order valence-electron chi connectivity index (χ4n) is 2.21. The van der Waals surface area contributed by atoms with Crippen molar-refractivity contribution in [1.29, 1.82) is 0 Å². The van der Waals surface area contributed by atoms with Gasteiger partial charge in [-0.3, -0.25) is 4.68 Å². The molecule has 0 radical (unpaired) electrons. The average Bonchev–Trinajstić information content (AvgIpc) is 2.76. The molecule has 1 heterocycles. The quantitative estimate of drug-likeness (QED) is 0.883. The minimum atomic E-state index is 0.579. The molecular formula is C14H21N5. The Kier molecular flexibility index (Phi) is 4.16. The molecule has 102 valence electrons. The highest BCUT2D eigenvalue weighted by molar-refractivity contribution is 5.53. The Morgan fingerprint density at radius 1 is 1.32 bits per heavy atom. The molecule has 0 aliphatic rings. The van der Waals surface area contributed by atoms with Gasteiger partial charge in [-0.1, -0.05) is 22.9 Å². The fourth-order valence-corrected chi connectivity index (χ4v) is 2.21. The Bertz CT molecular complexity index is 547. The average molecular weight is 259 g/mol. The van der Waals surface area contributed by atoms with E-state index in [0.717, 1.165) is 12.2 Å². The van der Waals surface area contributed by atoms with Gasteiger partial charge >= 0.3 is 0 Å². The van der Waals surface area contributed by atoms with Gasteiger partial charge in [0, 0.05) is 19.3 Å². The highest BCUT2D eigenvalue weighted by atomic mass is 15.4. The smallest absolute Gasteiger partial charge is 0.102 e. The van der Waals surface area contributed by atoms with Gasteiger partial charge in [0.1, 0.15) is 5.69 Å². The van der Waals surface area contributed by atoms with Crippen molar-refractivity contribution in [2.75, 3.05) is 18.5 Å². The number of rotatable bonds is 5. The minimum Gasteiger partial charge on any atom is -0.368 e. The number of benzene rings is 1. The van der Waals surface area contributed by atoms with E-state index in [2.05, 4.69) is 54.3 Å². The normalized spacial score (nSPS) is 10.7. The largest absolute Gasteiger partial charge is 0.368 e. The lowest BCUT2D eigenvalue weighted by atomic mass is 10.1. The highest BCUT2D eigenvalue weighted by Gasteiger charge is 2.08. The van der Waals surface area contributed by atoms with Gasteiger partial charge in [-0.2, -0.15) is 0 Å². The molecule has 19 heavy (non-hydrogen) atoms. The number of aryl methyl sites for hydroxylation is 2. The standard InChI is InChI=1S/C14H21N5/c1-11-4-5-14(12(2)8-11)18(3)9-13-10-19(7-6-15)17-16-13/h4-5,8,10H,6-7,9,15H2,1-3H3. The van der Waals surface area contributed by atoms with E-state index >= 15 is 0 Å². The first kappa shape index (κ1) is 13.5. The summed E-state index contributed by atoms with van der Waals surface area (Å²) in [5.74, 6) is 0. The van der Waals surface area contributed by atoms with Gasteiger partial charge in [-0.05, 0) is 25.5 Å². The molecule has 2 aromatic rings. The van der Waals surface area contributed by atoms with Gasteiger partial charge in [0.25, 0.3) is 0 Å². The van der Waals surface area contributed by atoms with E-state index in [4.69, 9.17) is 5.73 Å². The van der Waals surface area contributed by atoms with E-state index in [1.54, 1.807) is 4.68 Å². The predicted octanol–water partition coefficient (Wildman–Crippen LogP) is 1.49. The lowest BCUT2D eigenvalue weighted by Crippen LogP contribution is -2.17. The van der Waals surface area contributed by atoms with Crippen LogP contribution in [0.1, 0.15) is 16.8 Å². The predicted molar refractivity (Wildman–Crippen MR) is 77.1 cm³/mol. The molecule has 5 heteroatoms. The lowest BCUT2D eigenvalue weighted by Gasteiger charge is -2.20. The van der Waals surface area contributed by atoms with Crippen molar-refractivity contribution < 1.29 is 0 Å². The Morgan fingerprint density at radius 3 is 2.79 bits per heavy atom. The Hall–Kier alpha value is -1.88. The van der Waals surface area contributed by atoms with E-state index in [1.807, 2.05) is 6.20 Å². The summed E-state index contributed by atoms with van der Waals surface area (Å²) in [6, 6.07) is 6.47. The number of nitrogens with two attached hydrogens (primary N) is 1. The maximum atomic E-state index is 5.50. The Balaban J connectivity index is 2.09. The van der Waals surface area contributed by atoms with Crippen molar-refractivity contribution in [3.8, 4) is 0 Å². The second-order valence-electron chi connectivity index (χ2n) is 4.91. The molecule has 0 aliphatic heterocycles. The van der Waals surface area contributed by atoms with E-state index in [0.29, 0.717) is 13.1 Å². The van der Waals surface area contributed by atoms with Crippen molar-refractivity contribution in [3.05, 3.63) is 41.2 Å². The van der Waals surface area contributed by atoms with Crippen LogP contribution in [0.2, 0.25) is 0 Å². The van der Waals surface area contributed by atoms with Crippen molar-refractivity contribution in [3.63, 3.8) is 0 Å². The molecule has 0 saturated heterocycles. The summed E-state index contributed by atoms with van der Waals surface area (Å²) in [5.41, 5.74) is 10.2. The zero-order valence-corrected chi connectivity index (χ0v) is 11.8. The number of anilines is 1. The molecular weight excluding hydrogens is 238 g/mol. The monoisotopic (exact) mass is 259 g/mol. The third-order valence-electron chi connectivity index (χ3n) is 3.11. The summed E-state index contributed by atoms with van der Waals surface area (Å²) in [4.78, 5) is 2.19. The topological polar surface area (TPSA) is 60.0 Å². The summed E-state index contributed by atoms with van der Waals surface area (Å²) in [6.45, 7) is 6.27. The van der Waals surface area contributed by atoms with Crippen LogP contribution >= 0.6 is 0 Å². The lowest BCUT2D eigenvalue weighted by molar-refractivity contribution is 0.598. The summed E-state index contributed by atoms with van der Waals surface area (Å²) >= 11 is 0. The molecule has 0 saturated carbocycles. The molecule has 0 atom stereocenters. The van der Waals surface area contributed by atoms with Gasteiger partial charge < -0.3 is 10.6 Å². The van der Waals surface area contributed by atoms with Crippen molar-refractivity contribution in [1.82, 2.24) is 15.0 Å². The Morgan fingerprint density at radius 2 is 2.11 bits per heavy atom. The summed E-state index contributed by atoms with van der Waals surface area (Å²) in [7, 11) is 2.07. The first-order valence-corrected chi connectivity index (χ1v) is 6.47. The number of hydrogen-bond donors (Lipinski definition) is 1. The second kappa shape index (κ2) is 5.84. The molecule has 1 aromatic heterocycles. The molecule has 2 rings (SSSR count). The number of nitrogens with zero attached hydrogens (tertiary/aromatic N) is 4. The van der Waals surface area contributed by atoms with E-state index in [1.165, 1.54) is 16.8 Å². The molecule has 5 nitrogen and oxygen atoms in total. The van der Waals surface area contributed by atoms with Crippen LogP contribution in [-0.2, 0) is 13.1 Å². The van der Waals surface area contributed by atoms with E-state index < -0.39 is 0 Å². The molecule has 0 unspecified atom stereocenters. The van der Waals surface area contributed by atoms with Crippen LogP contribution < -0.4 is 10.6 Å². The molecule has 0 aliphatic carbocycles. The van der Waals surface area contributed by atoms with Gasteiger partial charge in [-0.15, -0.1) is 5.10 Å². The van der Waals surface area contributed by atoms with Crippen LogP contribution in [0.25, 0.3) is 0 Å².